The molecule has 3 unspecified atom stereocenters. The van der Waals surface area contributed by atoms with Crippen LogP contribution in [-0.2, 0) is 11.2 Å². The summed E-state index contributed by atoms with van der Waals surface area (Å²) in [6, 6.07) is 14.9. The number of fused-ring (bicyclic) bond motifs is 4. The first-order valence-electron chi connectivity index (χ1n) is 12.3. The van der Waals surface area contributed by atoms with E-state index in [1.807, 2.05) is 34.9 Å². The van der Waals surface area contributed by atoms with E-state index in [-0.39, 0.29) is 17.5 Å². The number of benzene rings is 2. The number of carbonyl (C=O) groups is 1. The van der Waals surface area contributed by atoms with Gasteiger partial charge in [0.1, 0.15) is 12.2 Å². The van der Waals surface area contributed by atoms with E-state index in [1.54, 1.807) is 23.0 Å². The molecule has 3 atom stereocenters. The number of imidazole rings is 1. The molecule has 186 valence electrons. The van der Waals surface area contributed by atoms with Gasteiger partial charge in [-0.3, -0.25) is 9.59 Å². The number of hydrogen-bond donors (Lipinski definition) is 2. The second kappa shape index (κ2) is 7.72. The normalized spacial score (nSPS) is 20.7. The van der Waals surface area contributed by atoms with Crippen LogP contribution in [0.3, 0.4) is 0 Å². The lowest BCUT2D eigenvalue weighted by molar-refractivity contribution is -0.115. The Kier molecular flexibility index (Phi) is 4.37. The van der Waals surface area contributed by atoms with Crippen LogP contribution in [0.2, 0.25) is 5.02 Å². The van der Waals surface area contributed by atoms with Crippen molar-refractivity contribution >= 4 is 23.2 Å². The van der Waals surface area contributed by atoms with Gasteiger partial charge in [0.15, 0.2) is 0 Å². The fourth-order valence-electron chi connectivity index (χ4n) is 6.00. The molecule has 10 nitrogen and oxygen atoms in total. The maximum Gasteiger partial charge on any atom is 0.252 e. The first-order valence-corrected chi connectivity index (χ1v) is 12.7. The van der Waals surface area contributed by atoms with Gasteiger partial charge < -0.3 is 14.9 Å². The van der Waals surface area contributed by atoms with Crippen LogP contribution in [0.4, 0.5) is 5.69 Å². The van der Waals surface area contributed by atoms with E-state index in [0.29, 0.717) is 23.3 Å². The molecule has 11 heteroatoms. The molecule has 0 spiro atoms. The molecule has 5 aromatic rings. The monoisotopic (exact) mass is 522 g/mol. The van der Waals surface area contributed by atoms with Crippen molar-refractivity contribution in [1.29, 1.82) is 0 Å². The number of hydrogen-bond acceptors (Lipinski definition) is 6. The minimum Gasteiger partial charge on any atom is -0.340 e. The number of carbonyl (C=O) groups excluding carboxylic acids is 1. The summed E-state index contributed by atoms with van der Waals surface area (Å²) in [6.45, 7) is 0. The molecule has 1 aliphatic carbocycles. The number of anilines is 1. The first kappa shape index (κ1) is 21.5. The molecule has 1 fully saturated rings. The number of aromatic amines is 1. The van der Waals surface area contributed by atoms with Crippen molar-refractivity contribution in [1.82, 2.24) is 34.7 Å². The minimum atomic E-state index is -0.152. The van der Waals surface area contributed by atoms with E-state index in [9.17, 15) is 9.59 Å². The molecule has 2 N–H and O–H groups in total. The van der Waals surface area contributed by atoms with E-state index >= 15 is 0 Å². The van der Waals surface area contributed by atoms with Gasteiger partial charge in [-0.05, 0) is 75.9 Å². The molecule has 0 saturated heterocycles. The summed E-state index contributed by atoms with van der Waals surface area (Å²) in [5, 5.41) is 14.9. The van der Waals surface area contributed by atoms with Crippen LogP contribution in [0.25, 0.3) is 28.1 Å². The van der Waals surface area contributed by atoms with Crippen molar-refractivity contribution in [3.63, 3.8) is 0 Å². The lowest BCUT2D eigenvalue weighted by Gasteiger charge is -2.18. The van der Waals surface area contributed by atoms with Crippen LogP contribution in [0, 0.1) is 5.92 Å². The Morgan fingerprint density at radius 1 is 1.03 bits per heavy atom. The average Bonchev–Trinajstić information content (AvgIpc) is 3.34. The predicted molar refractivity (Wildman–Crippen MR) is 139 cm³/mol. The summed E-state index contributed by atoms with van der Waals surface area (Å²) < 4.78 is 3.44. The molecular formula is C27H19ClN8O2. The number of halogens is 1. The highest BCUT2D eigenvalue weighted by Crippen LogP contribution is 2.60. The number of aromatic nitrogens is 7. The third-order valence-electron chi connectivity index (χ3n) is 7.78. The number of nitrogens with one attached hydrogen (secondary N) is 2. The smallest absolute Gasteiger partial charge is 0.252 e. The average molecular weight is 523 g/mol. The van der Waals surface area contributed by atoms with Crippen LogP contribution in [0.5, 0.6) is 0 Å². The molecule has 5 heterocycles. The van der Waals surface area contributed by atoms with Crippen LogP contribution in [0.15, 0.2) is 65.8 Å². The van der Waals surface area contributed by atoms with Crippen molar-refractivity contribution in [2.45, 2.75) is 24.8 Å². The highest BCUT2D eigenvalue weighted by molar-refractivity contribution is 6.31. The Morgan fingerprint density at radius 2 is 1.95 bits per heavy atom. The Labute approximate surface area is 220 Å². The molecule has 0 bridgehead atoms. The molecule has 1 amide bonds. The number of amides is 1. The second-order valence-corrected chi connectivity index (χ2v) is 10.5. The maximum atomic E-state index is 13.6. The van der Waals surface area contributed by atoms with Gasteiger partial charge in [0.25, 0.3) is 5.56 Å². The van der Waals surface area contributed by atoms with Gasteiger partial charge in [-0.1, -0.05) is 17.7 Å². The summed E-state index contributed by atoms with van der Waals surface area (Å²) >= 11 is 6.34. The SMILES string of the molecule is O=C1Cc2cc(-c3cnc(C4C5CC5c5cc(-c6cc(Cl)ccc6-n6cnnn6)cc(=O)n54)[nH]3)ccc2N1. The van der Waals surface area contributed by atoms with Crippen molar-refractivity contribution in [3.05, 3.63) is 93.5 Å². The highest BCUT2D eigenvalue weighted by Gasteiger charge is 2.54. The number of tetrazole rings is 1. The van der Waals surface area contributed by atoms with Gasteiger partial charge in [0.2, 0.25) is 5.91 Å². The topological polar surface area (TPSA) is 123 Å². The number of nitrogens with zero attached hydrogens (tertiary/aromatic N) is 6. The van der Waals surface area contributed by atoms with Gasteiger partial charge in [-0.15, -0.1) is 5.10 Å². The molecular weight excluding hydrogens is 504 g/mol. The van der Waals surface area contributed by atoms with Gasteiger partial charge >= 0.3 is 0 Å². The lowest BCUT2D eigenvalue weighted by atomic mass is 10.0. The Morgan fingerprint density at radius 3 is 2.82 bits per heavy atom. The Balaban J connectivity index is 1.18. The first-order chi connectivity index (χ1) is 18.5. The van der Waals surface area contributed by atoms with Gasteiger partial charge in [-0.25, -0.2) is 4.98 Å². The quantitative estimate of drug-likeness (QED) is 0.370. The molecule has 1 saturated carbocycles. The molecule has 38 heavy (non-hydrogen) atoms. The van der Waals surface area contributed by atoms with Gasteiger partial charge in [0.05, 0.1) is 30.0 Å². The van der Waals surface area contributed by atoms with Crippen molar-refractivity contribution in [3.8, 4) is 28.1 Å². The zero-order valence-electron chi connectivity index (χ0n) is 19.8. The number of pyridine rings is 1. The maximum absolute atomic E-state index is 13.6. The molecule has 2 aromatic carbocycles. The van der Waals surface area contributed by atoms with Gasteiger partial charge in [0, 0.05) is 34.0 Å². The summed E-state index contributed by atoms with van der Waals surface area (Å²) in [5.74, 6) is 1.39. The number of rotatable bonds is 4. The lowest BCUT2D eigenvalue weighted by Crippen LogP contribution is -2.26. The molecule has 3 aromatic heterocycles. The van der Waals surface area contributed by atoms with Crippen LogP contribution in [0.1, 0.15) is 35.5 Å². The molecule has 2 aliphatic heterocycles. The zero-order chi connectivity index (χ0) is 25.5. The standard InChI is InChI=1S/C27H19ClN8O2/c28-16-2-4-22(35-12-30-33-34-35)17(9-16)14-6-23-18-10-19(18)26(36(23)25(38)8-14)27-29-11-21(32-27)13-1-3-20-15(5-13)7-24(37)31-20/h1-6,8-9,11-12,18-19,26H,7,10H2,(H,29,32)(H,31,37). The summed E-state index contributed by atoms with van der Waals surface area (Å²) in [5.41, 5.74) is 6.89. The summed E-state index contributed by atoms with van der Waals surface area (Å²) in [6.07, 6.45) is 4.71. The summed E-state index contributed by atoms with van der Waals surface area (Å²) in [7, 11) is 0. The third kappa shape index (κ3) is 3.20. The predicted octanol–water partition coefficient (Wildman–Crippen LogP) is 3.74. The Hall–Kier alpha value is -4.57. The van der Waals surface area contributed by atoms with Crippen LogP contribution >= 0.6 is 11.6 Å². The van der Waals surface area contributed by atoms with E-state index in [2.05, 4.69) is 31.9 Å². The number of H-pyrrole nitrogens is 1. The fraction of sp³-hybridized carbons (Fsp3) is 0.185. The second-order valence-electron chi connectivity index (χ2n) is 10.0. The third-order valence-corrected chi connectivity index (χ3v) is 8.02. The molecule has 8 rings (SSSR count). The zero-order valence-corrected chi connectivity index (χ0v) is 20.6. The highest BCUT2D eigenvalue weighted by atomic mass is 35.5. The Bertz CT molecular complexity index is 1840. The summed E-state index contributed by atoms with van der Waals surface area (Å²) in [4.78, 5) is 33.5. The van der Waals surface area contributed by atoms with E-state index in [0.717, 1.165) is 57.3 Å². The van der Waals surface area contributed by atoms with Crippen molar-refractivity contribution < 1.29 is 4.79 Å². The minimum absolute atomic E-state index is 0.00591. The van der Waals surface area contributed by atoms with E-state index in [1.165, 1.54) is 6.33 Å². The van der Waals surface area contributed by atoms with Gasteiger partial charge in [-0.2, -0.15) is 4.68 Å². The molecule has 3 aliphatic rings. The fourth-order valence-corrected chi connectivity index (χ4v) is 6.17. The van der Waals surface area contributed by atoms with Crippen molar-refractivity contribution in [2.75, 3.05) is 5.32 Å². The van der Waals surface area contributed by atoms with Crippen LogP contribution in [-0.4, -0.2) is 40.6 Å². The largest absolute Gasteiger partial charge is 0.340 e. The van der Waals surface area contributed by atoms with Crippen molar-refractivity contribution in [2.24, 2.45) is 5.92 Å². The molecule has 0 radical (unpaired) electrons. The van der Waals surface area contributed by atoms with E-state index in [4.69, 9.17) is 16.6 Å². The van der Waals surface area contributed by atoms with Crippen LogP contribution < -0.4 is 10.9 Å². The van der Waals surface area contributed by atoms with E-state index < -0.39 is 0 Å².